The number of para-hydroxylation sites is 3. The zero-order valence-electron chi connectivity index (χ0n) is 29.0. The van der Waals surface area contributed by atoms with Crippen molar-refractivity contribution < 1.29 is 0 Å². The van der Waals surface area contributed by atoms with Crippen LogP contribution in [0.25, 0.3) is 66.9 Å². The van der Waals surface area contributed by atoms with Gasteiger partial charge in [-0.2, -0.15) is 0 Å². The molecule has 0 atom stereocenters. The van der Waals surface area contributed by atoms with E-state index in [9.17, 15) is 0 Å². The first-order chi connectivity index (χ1) is 26.3. The van der Waals surface area contributed by atoms with Crippen molar-refractivity contribution in [2.45, 2.75) is 0 Å². The van der Waals surface area contributed by atoms with Crippen LogP contribution in [0.2, 0.25) is 0 Å². The summed E-state index contributed by atoms with van der Waals surface area (Å²) in [5, 5.41) is 0. The molecule has 0 saturated carbocycles. The second-order valence-corrected chi connectivity index (χ2v) is 13.0. The summed E-state index contributed by atoms with van der Waals surface area (Å²) in [6, 6.07) is 74.7. The van der Waals surface area contributed by atoms with Crippen LogP contribution < -0.4 is 4.90 Å². The first kappa shape index (κ1) is 31.9. The van der Waals surface area contributed by atoms with Gasteiger partial charge in [0.15, 0.2) is 0 Å². The Bertz CT molecular complexity index is 2580. The van der Waals surface area contributed by atoms with Gasteiger partial charge in [-0.15, -0.1) is 0 Å². The number of nitrogens with zero attached hydrogens (tertiary/aromatic N) is 3. The van der Waals surface area contributed by atoms with E-state index in [1.54, 1.807) is 0 Å². The van der Waals surface area contributed by atoms with E-state index < -0.39 is 0 Å². The van der Waals surface area contributed by atoms with Crippen LogP contribution in [0.3, 0.4) is 0 Å². The Kier molecular flexibility index (Phi) is 8.57. The normalized spacial score (nSPS) is 11.0. The van der Waals surface area contributed by atoms with Crippen molar-refractivity contribution in [3.8, 4) is 55.9 Å². The van der Waals surface area contributed by atoms with Crippen LogP contribution in [0.1, 0.15) is 0 Å². The summed E-state index contributed by atoms with van der Waals surface area (Å²) >= 11 is 0. The highest BCUT2D eigenvalue weighted by molar-refractivity contribution is 5.92. The van der Waals surface area contributed by atoms with Crippen LogP contribution in [0.4, 0.5) is 17.1 Å². The standard InChI is InChI=1S/C50H35N3/c1-5-17-36(18-6-1)41-33-42(37-19-7-2-8-20-37)35-44(34-41)53(48-28-16-13-25-45(48)38-21-9-3-10-22-38)43-31-29-40(30-32-43)50-49(39-23-11-4-12-24-39)51-46-26-14-15-27-47(46)52-50/h1-35H. The maximum Gasteiger partial charge on any atom is 0.0973 e. The van der Waals surface area contributed by atoms with Crippen molar-refractivity contribution in [3.63, 3.8) is 0 Å². The van der Waals surface area contributed by atoms with Crippen molar-refractivity contribution in [3.05, 3.63) is 212 Å². The van der Waals surface area contributed by atoms with Gasteiger partial charge >= 0.3 is 0 Å². The summed E-state index contributed by atoms with van der Waals surface area (Å²) in [7, 11) is 0. The lowest BCUT2D eigenvalue weighted by molar-refractivity contribution is 1.27. The van der Waals surface area contributed by atoms with Crippen molar-refractivity contribution in [2.75, 3.05) is 4.90 Å². The Morgan fingerprint density at radius 2 is 0.698 bits per heavy atom. The first-order valence-corrected chi connectivity index (χ1v) is 17.9. The molecular weight excluding hydrogens is 643 g/mol. The molecule has 9 rings (SSSR count). The highest BCUT2D eigenvalue weighted by atomic mass is 15.1. The molecule has 0 aliphatic heterocycles. The van der Waals surface area contributed by atoms with E-state index in [1.807, 2.05) is 30.3 Å². The van der Waals surface area contributed by atoms with Crippen LogP contribution in [-0.2, 0) is 0 Å². The SMILES string of the molecule is c1ccc(-c2cc(-c3ccccc3)cc(N(c3ccc(-c4nc5ccccc5nc4-c4ccccc4)cc3)c3ccccc3-c3ccccc3)c2)cc1. The van der Waals surface area contributed by atoms with E-state index in [1.165, 1.54) is 11.1 Å². The molecule has 53 heavy (non-hydrogen) atoms. The molecule has 0 bridgehead atoms. The summed E-state index contributed by atoms with van der Waals surface area (Å²) < 4.78 is 0. The van der Waals surface area contributed by atoms with Crippen molar-refractivity contribution in [1.29, 1.82) is 0 Å². The largest absolute Gasteiger partial charge is 0.310 e. The average Bonchev–Trinajstić information content (AvgIpc) is 3.25. The molecule has 0 radical (unpaired) electrons. The predicted octanol–water partition coefficient (Wildman–Crippen LogP) is 13.4. The highest BCUT2D eigenvalue weighted by Crippen LogP contribution is 2.44. The van der Waals surface area contributed by atoms with Gasteiger partial charge in [-0.25, -0.2) is 9.97 Å². The van der Waals surface area contributed by atoms with Crippen molar-refractivity contribution in [2.24, 2.45) is 0 Å². The fraction of sp³-hybridized carbons (Fsp3) is 0. The Balaban J connectivity index is 1.25. The minimum atomic E-state index is 0.857. The fourth-order valence-corrected chi connectivity index (χ4v) is 7.06. The molecule has 0 spiro atoms. The second kappa shape index (κ2) is 14.3. The lowest BCUT2D eigenvalue weighted by Crippen LogP contribution is -2.11. The Hall–Kier alpha value is -7.10. The van der Waals surface area contributed by atoms with Crippen LogP contribution in [-0.4, -0.2) is 9.97 Å². The van der Waals surface area contributed by atoms with Crippen LogP contribution >= 0.6 is 0 Å². The summed E-state index contributed by atoms with van der Waals surface area (Å²) in [4.78, 5) is 12.7. The van der Waals surface area contributed by atoms with Gasteiger partial charge in [0.05, 0.1) is 28.1 Å². The molecular formula is C50H35N3. The van der Waals surface area contributed by atoms with Gasteiger partial charge in [0.25, 0.3) is 0 Å². The predicted molar refractivity (Wildman–Crippen MR) is 221 cm³/mol. The number of aromatic nitrogens is 2. The van der Waals surface area contributed by atoms with Gasteiger partial charge in [0, 0.05) is 28.1 Å². The second-order valence-electron chi connectivity index (χ2n) is 13.0. The monoisotopic (exact) mass is 677 g/mol. The van der Waals surface area contributed by atoms with Gasteiger partial charge < -0.3 is 4.90 Å². The third-order valence-electron chi connectivity index (χ3n) is 9.64. The van der Waals surface area contributed by atoms with E-state index >= 15 is 0 Å². The van der Waals surface area contributed by atoms with Gasteiger partial charge in [0.1, 0.15) is 0 Å². The molecule has 9 aromatic rings. The molecule has 3 nitrogen and oxygen atoms in total. The molecule has 1 heterocycles. The lowest BCUT2D eigenvalue weighted by Gasteiger charge is -2.29. The number of rotatable bonds is 8. The van der Waals surface area contributed by atoms with Gasteiger partial charge in [-0.1, -0.05) is 164 Å². The van der Waals surface area contributed by atoms with E-state index in [0.717, 1.165) is 72.9 Å². The molecule has 0 aliphatic rings. The third-order valence-corrected chi connectivity index (χ3v) is 9.64. The quantitative estimate of drug-likeness (QED) is 0.160. The Morgan fingerprint density at radius 1 is 0.283 bits per heavy atom. The molecule has 0 fully saturated rings. The summed E-state index contributed by atoms with van der Waals surface area (Å²) in [6.45, 7) is 0. The molecule has 8 aromatic carbocycles. The maximum absolute atomic E-state index is 5.18. The van der Waals surface area contributed by atoms with Crippen LogP contribution in [0, 0.1) is 0 Å². The Morgan fingerprint density at radius 3 is 1.23 bits per heavy atom. The summed E-state index contributed by atoms with van der Waals surface area (Å²) in [5.74, 6) is 0. The summed E-state index contributed by atoms with van der Waals surface area (Å²) in [5.41, 5.74) is 15.7. The molecule has 0 aliphatic carbocycles. The number of fused-ring (bicyclic) bond motifs is 1. The van der Waals surface area contributed by atoms with E-state index in [2.05, 4.69) is 187 Å². The zero-order chi connectivity index (χ0) is 35.4. The topological polar surface area (TPSA) is 29.0 Å². The van der Waals surface area contributed by atoms with Crippen molar-refractivity contribution in [1.82, 2.24) is 9.97 Å². The van der Waals surface area contributed by atoms with Gasteiger partial charge in [0.2, 0.25) is 0 Å². The van der Waals surface area contributed by atoms with Crippen LogP contribution in [0.5, 0.6) is 0 Å². The van der Waals surface area contributed by atoms with Gasteiger partial charge in [-0.3, -0.25) is 0 Å². The molecule has 0 unspecified atom stereocenters. The average molecular weight is 678 g/mol. The lowest BCUT2D eigenvalue weighted by atomic mass is 9.96. The third kappa shape index (κ3) is 6.48. The van der Waals surface area contributed by atoms with Crippen molar-refractivity contribution >= 4 is 28.1 Å². The maximum atomic E-state index is 5.18. The minimum Gasteiger partial charge on any atom is -0.310 e. The smallest absolute Gasteiger partial charge is 0.0973 e. The summed E-state index contributed by atoms with van der Waals surface area (Å²) in [6.07, 6.45) is 0. The number of hydrogen-bond donors (Lipinski definition) is 0. The van der Waals surface area contributed by atoms with E-state index in [-0.39, 0.29) is 0 Å². The molecule has 0 amide bonds. The molecule has 0 saturated heterocycles. The fourth-order valence-electron chi connectivity index (χ4n) is 7.06. The minimum absolute atomic E-state index is 0.857. The number of hydrogen-bond acceptors (Lipinski definition) is 3. The molecule has 1 aromatic heterocycles. The van der Waals surface area contributed by atoms with Gasteiger partial charge in [-0.05, 0) is 76.3 Å². The van der Waals surface area contributed by atoms with E-state index in [0.29, 0.717) is 0 Å². The zero-order valence-corrected chi connectivity index (χ0v) is 29.0. The molecule has 3 heteroatoms. The highest BCUT2D eigenvalue weighted by Gasteiger charge is 2.20. The number of anilines is 3. The van der Waals surface area contributed by atoms with E-state index in [4.69, 9.17) is 9.97 Å². The molecule has 250 valence electrons. The number of benzene rings is 8. The molecule has 0 N–H and O–H groups in total. The Labute approximate surface area is 310 Å². The van der Waals surface area contributed by atoms with Crippen LogP contribution in [0.15, 0.2) is 212 Å². The first-order valence-electron chi connectivity index (χ1n) is 17.9.